The molecule has 0 aromatic heterocycles. The topological polar surface area (TPSA) is 59.1 Å². The molecule has 0 N–H and O–H groups in total. The van der Waals surface area contributed by atoms with E-state index in [0.717, 1.165) is 22.1 Å². The standard InChI is InChI=1S/C21H24N2O4/c1-6-27-20(24)18-13(2)22(3)21(25)23(4)19(18)16-8-7-15-12-17(26-5)10-9-14(15)11-16/h7-12,19H,6H2,1-5H3/t19-/m1/s1. The molecule has 0 fully saturated rings. The van der Waals surface area contributed by atoms with Crippen molar-refractivity contribution in [2.45, 2.75) is 19.9 Å². The van der Waals surface area contributed by atoms with E-state index in [4.69, 9.17) is 9.47 Å². The Kier molecular flexibility index (Phi) is 5.08. The Morgan fingerprint density at radius 2 is 1.78 bits per heavy atom. The average molecular weight is 368 g/mol. The van der Waals surface area contributed by atoms with E-state index in [9.17, 15) is 9.59 Å². The van der Waals surface area contributed by atoms with Crippen molar-refractivity contribution < 1.29 is 19.1 Å². The molecule has 2 aromatic carbocycles. The molecule has 1 heterocycles. The summed E-state index contributed by atoms with van der Waals surface area (Å²) in [5.41, 5.74) is 1.95. The highest BCUT2D eigenvalue weighted by atomic mass is 16.5. The first-order valence-electron chi connectivity index (χ1n) is 8.85. The summed E-state index contributed by atoms with van der Waals surface area (Å²) in [4.78, 5) is 28.4. The zero-order valence-electron chi connectivity index (χ0n) is 16.3. The Hall–Kier alpha value is -3.02. The zero-order valence-corrected chi connectivity index (χ0v) is 16.3. The van der Waals surface area contributed by atoms with Crippen LogP contribution in [0.2, 0.25) is 0 Å². The van der Waals surface area contributed by atoms with Crippen molar-refractivity contribution in [1.29, 1.82) is 0 Å². The number of ether oxygens (including phenoxy) is 2. The fourth-order valence-electron chi connectivity index (χ4n) is 3.46. The molecule has 0 aliphatic carbocycles. The number of hydrogen-bond donors (Lipinski definition) is 0. The second-order valence-corrected chi connectivity index (χ2v) is 6.55. The molecule has 142 valence electrons. The van der Waals surface area contributed by atoms with Gasteiger partial charge in [0.1, 0.15) is 5.75 Å². The Morgan fingerprint density at radius 3 is 2.44 bits per heavy atom. The number of allylic oxidation sites excluding steroid dienone is 1. The first-order chi connectivity index (χ1) is 12.9. The number of carbonyl (C=O) groups is 2. The molecule has 3 rings (SSSR count). The van der Waals surface area contributed by atoms with Gasteiger partial charge in [-0.05, 0) is 48.4 Å². The molecule has 1 aliphatic rings. The van der Waals surface area contributed by atoms with Gasteiger partial charge in [-0.25, -0.2) is 9.59 Å². The van der Waals surface area contributed by atoms with Crippen LogP contribution in [0.3, 0.4) is 0 Å². The van der Waals surface area contributed by atoms with Gasteiger partial charge in [-0.1, -0.05) is 18.2 Å². The normalized spacial score (nSPS) is 17.5. The third kappa shape index (κ3) is 3.23. The van der Waals surface area contributed by atoms with Crippen molar-refractivity contribution in [3.8, 4) is 5.75 Å². The first kappa shape index (κ1) is 18.8. The lowest BCUT2D eigenvalue weighted by Gasteiger charge is -2.39. The summed E-state index contributed by atoms with van der Waals surface area (Å²) in [7, 11) is 5.00. The summed E-state index contributed by atoms with van der Waals surface area (Å²) >= 11 is 0. The number of rotatable bonds is 4. The summed E-state index contributed by atoms with van der Waals surface area (Å²) in [6.07, 6.45) is 0. The maximum absolute atomic E-state index is 12.7. The van der Waals surface area contributed by atoms with Crippen molar-refractivity contribution >= 4 is 22.8 Å². The lowest BCUT2D eigenvalue weighted by molar-refractivity contribution is -0.139. The molecule has 6 heteroatoms. The largest absolute Gasteiger partial charge is 0.497 e. The molecule has 2 aromatic rings. The highest BCUT2D eigenvalue weighted by molar-refractivity contribution is 5.95. The Bertz CT molecular complexity index is 935. The van der Waals surface area contributed by atoms with E-state index in [1.807, 2.05) is 36.4 Å². The van der Waals surface area contributed by atoms with Crippen LogP contribution in [-0.4, -0.2) is 49.6 Å². The van der Waals surface area contributed by atoms with E-state index in [-0.39, 0.29) is 12.6 Å². The van der Waals surface area contributed by atoms with Crippen LogP contribution < -0.4 is 4.74 Å². The van der Waals surface area contributed by atoms with Gasteiger partial charge in [0.15, 0.2) is 0 Å². The third-order valence-corrected chi connectivity index (χ3v) is 5.02. The maximum atomic E-state index is 12.7. The fraction of sp³-hybridized carbons (Fsp3) is 0.333. The minimum Gasteiger partial charge on any atom is -0.497 e. The van der Waals surface area contributed by atoms with Crippen LogP contribution in [0.1, 0.15) is 25.5 Å². The van der Waals surface area contributed by atoms with E-state index in [0.29, 0.717) is 11.3 Å². The molecule has 6 nitrogen and oxygen atoms in total. The number of esters is 1. The van der Waals surface area contributed by atoms with Crippen LogP contribution in [0.5, 0.6) is 5.75 Å². The number of amides is 2. The van der Waals surface area contributed by atoms with Gasteiger partial charge in [-0.3, -0.25) is 0 Å². The van der Waals surface area contributed by atoms with Crippen LogP contribution in [-0.2, 0) is 9.53 Å². The van der Waals surface area contributed by atoms with Gasteiger partial charge in [0.2, 0.25) is 0 Å². The Balaban J connectivity index is 2.14. The van der Waals surface area contributed by atoms with Crippen LogP contribution >= 0.6 is 0 Å². The number of urea groups is 1. The van der Waals surface area contributed by atoms with E-state index >= 15 is 0 Å². The lowest BCUT2D eigenvalue weighted by atomic mass is 9.92. The number of benzene rings is 2. The molecule has 0 bridgehead atoms. The molecule has 0 saturated carbocycles. The van der Waals surface area contributed by atoms with Crippen LogP contribution in [0.25, 0.3) is 10.8 Å². The minimum atomic E-state index is -0.501. The van der Waals surface area contributed by atoms with E-state index in [1.165, 1.54) is 4.90 Å². The van der Waals surface area contributed by atoms with Gasteiger partial charge in [0.05, 0.1) is 25.3 Å². The Morgan fingerprint density at radius 1 is 1.11 bits per heavy atom. The van der Waals surface area contributed by atoms with Crippen LogP contribution in [0.4, 0.5) is 4.79 Å². The van der Waals surface area contributed by atoms with Crippen molar-refractivity contribution in [2.24, 2.45) is 0 Å². The zero-order chi connectivity index (χ0) is 19.7. The summed E-state index contributed by atoms with van der Waals surface area (Å²) < 4.78 is 10.5. The summed E-state index contributed by atoms with van der Waals surface area (Å²) in [6, 6.07) is 11.1. The van der Waals surface area contributed by atoms with Gasteiger partial charge >= 0.3 is 12.0 Å². The number of fused-ring (bicyclic) bond motifs is 1. The fourth-order valence-corrected chi connectivity index (χ4v) is 3.46. The molecule has 27 heavy (non-hydrogen) atoms. The second-order valence-electron chi connectivity index (χ2n) is 6.55. The SMILES string of the molecule is CCOC(=O)C1=C(C)N(C)C(=O)N(C)[C@@H]1c1ccc2cc(OC)ccc2c1. The summed E-state index contributed by atoms with van der Waals surface area (Å²) in [6.45, 7) is 3.82. The van der Waals surface area contributed by atoms with Crippen molar-refractivity contribution in [1.82, 2.24) is 9.80 Å². The molecule has 2 amide bonds. The quantitative estimate of drug-likeness (QED) is 0.772. The number of nitrogens with zero attached hydrogens (tertiary/aromatic N) is 2. The number of hydrogen-bond acceptors (Lipinski definition) is 4. The molecular formula is C21H24N2O4. The first-order valence-corrected chi connectivity index (χ1v) is 8.85. The van der Waals surface area contributed by atoms with Crippen molar-refractivity contribution in [3.63, 3.8) is 0 Å². The molecule has 0 saturated heterocycles. The number of methoxy groups -OCH3 is 1. The number of likely N-dealkylation sites (N-methyl/N-ethyl adjacent to an activating group) is 1. The predicted octanol–water partition coefficient (Wildman–Crippen LogP) is 3.72. The highest BCUT2D eigenvalue weighted by Crippen LogP contribution is 2.37. The van der Waals surface area contributed by atoms with Crippen molar-refractivity contribution in [2.75, 3.05) is 27.8 Å². The van der Waals surface area contributed by atoms with Gasteiger partial charge in [-0.15, -0.1) is 0 Å². The molecule has 0 unspecified atom stereocenters. The maximum Gasteiger partial charge on any atom is 0.338 e. The number of carbonyl (C=O) groups excluding carboxylic acids is 2. The van der Waals surface area contributed by atoms with Gasteiger partial charge < -0.3 is 19.3 Å². The average Bonchev–Trinajstić information content (AvgIpc) is 2.68. The van der Waals surface area contributed by atoms with E-state index in [1.54, 1.807) is 40.0 Å². The predicted molar refractivity (Wildman–Crippen MR) is 103 cm³/mol. The molecule has 1 aliphatic heterocycles. The molecule has 0 spiro atoms. The van der Waals surface area contributed by atoms with Gasteiger partial charge in [0, 0.05) is 19.8 Å². The minimum absolute atomic E-state index is 0.166. The lowest BCUT2D eigenvalue weighted by Crippen LogP contribution is -2.47. The monoisotopic (exact) mass is 368 g/mol. The Labute approximate surface area is 159 Å². The van der Waals surface area contributed by atoms with Crippen LogP contribution in [0, 0.1) is 0 Å². The van der Waals surface area contributed by atoms with E-state index in [2.05, 4.69) is 0 Å². The highest BCUT2D eigenvalue weighted by Gasteiger charge is 2.39. The molecule has 0 radical (unpaired) electrons. The third-order valence-electron chi connectivity index (χ3n) is 5.02. The van der Waals surface area contributed by atoms with Gasteiger partial charge in [0.25, 0.3) is 0 Å². The van der Waals surface area contributed by atoms with E-state index < -0.39 is 12.0 Å². The smallest absolute Gasteiger partial charge is 0.338 e. The van der Waals surface area contributed by atoms with Crippen molar-refractivity contribution in [3.05, 3.63) is 53.2 Å². The van der Waals surface area contributed by atoms with Crippen LogP contribution in [0.15, 0.2) is 47.7 Å². The van der Waals surface area contributed by atoms with Gasteiger partial charge in [-0.2, -0.15) is 0 Å². The molecule has 1 atom stereocenters. The molecular weight excluding hydrogens is 344 g/mol. The summed E-state index contributed by atoms with van der Waals surface area (Å²) in [5.74, 6) is 0.380. The summed E-state index contributed by atoms with van der Waals surface area (Å²) in [5, 5.41) is 2.03. The second kappa shape index (κ2) is 7.31.